The largest absolute Gasteiger partial charge is 0.332 e. The van der Waals surface area contributed by atoms with Crippen LogP contribution in [-0.4, -0.2) is 10.0 Å². The van der Waals surface area contributed by atoms with E-state index in [2.05, 4.69) is 26.6 Å². The zero-order valence-corrected chi connectivity index (χ0v) is 13.6. The van der Waals surface area contributed by atoms with E-state index in [1.165, 1.54) is 12.1 Å². The topological polar surface area (TPSA) is 67.2 Å². The van der Waals surface area contributed by atoms with Crippen LogP contribution in [0.2, 0.25) is 5.02 Å². The second-order valence-corrected chi connectivity index (χ2v) is 5.69. The third-order valence-electron chi connectivity index (χ3n) is 2.49. The molecule has 2 aromatic rings. The highest BCUT2D eigenvalue weighted by Gasteiger charge is 2.07. The molecule has 0 heterocycles. The first-order valence-corrected chi connectivity index (χ1v) is 7.31. The number of anilines is 2. The molecule has 0 radical (unpaired) electrons. The number of hydrogen-bond acceptors (Lipinski definition) is 3. The lowest BCUT2D eigenvalue weighted by molar-refractivity contribution is -0.384. The summed E-state index contributed by atoms with van der Waals surface area (Å²) in [4.78, 5) is 10.2. The average Bonchev–Trinajstić information content (AvgIpc) is 2.43. The number of rotatable bonds is 3. The van der Waals surface area contributed by atoms with Gasteiger partial charge in [-0.25, -0.2) is 0 Å². The quantitative estimate of drug-likeness (QED) is 0.450. The predicted octanol–water partition coefficient (Wildman–Crippen LogP) is 4.82. The number of nitrogens with one attached hydrogen (secondary N) is 2. The van der Waals surface area contributed by atoms with Gasteiger partial charge in [-0.15, -0.1) is 0 Å². The molecule has 8 heteroatoms. The highest BCUT2D eigenvalue weighted by Crippen LogP contribution is 2.25. The zero-order valence-electron chi connectivity index (χ0n) is 10.5. The normalized spacial score (nSPS) is 10.0. The number of benzene rings is 2. The van der Waals surface area contributed by atoms with E-state index >= 15 is 0 Å². The Balaban J connectivity index is 2.06. The van der Waals surface area contributed by atoms with Crippen molar-refractivity contribution >= 4 is 61.9 Å². The van der Waals surface area contributed by atoms with Gasteiger partial charge in [-0.3, -0.25) is 10.1 Å². The van der Waals surface area contributed by atoms with Crippen molar-refractivity contribution in [2.24, 2.45) is 0 Å². The van der Waals surface area contributed by atoms with E-state index in [0.29, 0.717) is 21.5 Å². The lowest BCUT2D eigenvalue weighted by Gasteiger charge is -2.11. The number of nitrogens with zero attached hydrogens (tertiary/aromatic N) is 1. The van der Waals surface area contributed by atoms with E-state index in [1.807, 2.05) is 0 Å². The average molecular weight is 387 g/mol. The van der Waals surface area contributed by atoms with Crippen LogP contribution in [0.1, 0.15) is 0 Å². The summed E-state index contributed by atoms with van der Waals surface area (Å²) < 4.78 is 0.785. The van der Waals surface area contributed by atoms with Crippen molar-refractivity contribution in [2.75, 3.05) is 10.6 Å². The molecule has 21 heavy (non-hydrogen) atoms. The molecule has 0 spiro atoms. The Morgan fingerprint density at radius 2 is 1.86 bits per heavy atom. The van der Waals surface area contributed by atoms with Crippen LogP contribution in [0.3, 0.4) is 0 Å². The van der Waals surface area contributed by atoms with Crippen molar-refractivity contribution in [1.82, 2.24) is 0 Å². The van der Waals surface area contributed by atoms with Gasteiger partial charge in [-0.05, 0) is 52.4 Å². The summed E-state index contributed by atoms with van der Waals surface area (Å²) in [5.74, 6) is 0. The van der Waals surface area contributed by atoms with E-state index in [4.69, 9.17) is 23.8 Å². The molecule has 5 nitrogen and oxygen atoms in total. The van der Waals surface area contributed by atoms with E-state index in [0.717, 1.165) is 4.47 Å². The van der Waals surface area contributed by atoms with Crippen LogP contribution in [0.15, 0.2) is 46.9 Å². The Kier molecular flexibility index (Phi) is 5.11. The van der Waals surface area contributed by atoms with E-state index in [9.17, 15) is 10.1 Å². The van der Waals surface area contributed by atoms with Gasteiger partial charge in [0.1, 0.15) is 0 Å². The summed E-state index contributed by atoms with van der Waals surface area (Å²) in [5.41, 5.74) is 1.24. The molecule has 2 rings (SSSR count). The van der Waals surface area contributed by atoms with Crippen molar-refractivity contribution in [2.45, 2.75) is 0 Å². The van der Waals surface area contributed by atoms with Crippen LogP contribution >= 0.6 is 39.7 Å². The number of nitro benzene ring substituents is 1. The molecule has 0 saturated heterocycles. The fraction of sp³-hybridized carbons (Fsp3) is 0. The van der Waals surface area contributed by atoms with Crippen molar-refractivity contribution in [3.8, 4) is 0 Å². The van der Waals surface area contributed by atoms with Crippen molar-refractivity contribution in [3.05, 3.63) is 62.1 Å². The van der Waals surface area contributed by atoms with Gasteiger partial charge in [0, 0.05) is 28.0 Å². The smallest absolute Gasteiger partial charge is 0.271 e. The molecule has 0 aliphatic carbocycles. The Hall–Kier alpha value is -1.70. The molecule has 0 fully saturated rings. The minimum atomic E-state index is -0.462. The first-order chi connectivity index (χ1) is 9.95. The minimum Gasteiger partial charge on any atom is -0.332 e. The van der Waals surface area contributed by atoms with Gasteiger partial charge in [0.05, 0.1) is 9.95 Å². The summed E-state index contributed by atoms with van der Waals surface area (Å²) in [6.07, 6.45) is 0. The third kappa shape index (κ3) is 4.38. The number of halogens is 2. The van der Waals surface area contributed by atoms with E-state index in [1.54, 1.807) is 30.3 Å². The van der Waals surface area contributed by atoms with Crippen LogP contribution in [0.4, 0.5) is 17.1 Å². The van der Waals surface area contributed by atoms with Gasteiger partial charge in [0.15, 0.2) is 5.11 Å². The number of nitro groups is 1. The standard InChI is InChI=1S/C13H9BrClN3O2S/c14-11-5-4-9(7-12(11)15)17-13(21)16-8-2-1-3-10(6-8)18(19)20/h1-7H,(H2,16,17,21). The van der Waals surface area contributed by atoms with Crippen molar-refractivity contribution in [1.29, 1.82) is 0 Å². The molecule has 2 aromatic carbocycles. The summed E-state index contributed by atoms with van der Waals surface area (Å²) in [5, 5.41) is 17.4. The third-order valence-corrected chi connectivity index (χ3v) is 3.93. The Labute approximate surface area is 139 Å². The minimum absolute atomic E-state index is 0.00511. The maximum Gasteiger partial charge on any atom is 0.271 e. The highest BCUT2D eigenvalue weighted by atomic mass is 79.9. The van der Waals surface area contributed by atoms with Gasteiger partial charge >= 0.3 is 0 Å². The molecule has 0 amide bonds. The molecule has 108 valence electrons. The molecular formula is C13H9BrClN3O2S. The van der Waals surface area contributed by atoms with Gasteiger partial charge in [-0.1, -0.05) is 17.7 Å². The maximum absolute atomic E-state index is 10.7. The predicted molar refractivity (Wildman–Crippen MR) is 92.1 cm³/mol. The monoisotopic (exact) mass is 385 g/mol. The molecule has 2 N–H and O–H groups in total. The van der Waals surface area contributed by atoms with Crippen LogP contribution in [0.25, 0.3) is 0 Å². The fourth-order valence-corrected chi connectivity index (χ4v) is 2.23. The second kappa shape index (κ2) is 6.84. The SMILES string of the molecule is O=[N+]([O-])c1cccc(NC(=S)Nc2ccc(Br)c(Cl)c2)c1. The molecular weight excluding hydrogens is 378 g/mol. The lowest BCUT2D eigenvalue weighted by Crippen LogP contribution is -2.19. The zero-order chi connectivity index (χ0) is 15.4. The maximum atomic E-state index is 10.7. The molecule has 0 saturated carbocycles. The van der Waals surface area contributed by atoms with E-state index in [-0.39, 0.29) is 5.69 Å². The van der Waals surface area contributed by atoms with Gasteiger partial charge in [0.25, 0.3) is 5.69 Å². The number of thiocarbonyl (C=S) groups is 1. The summed E-state index contributed by atoms with van der Waals surface area (Å²) in [6.45, 7) is 0. The van der Waals surface area contributed by atoms with Crippen molar-refractivity contribution in [3.63, 3.8) is 0 Å². The Morgan fingerprint density at radius 3 is 2.48 bits per heavy atom. The molecule has 0 atom stereocenters. The van der Waals surface area contributed by atoms with E-state index < -0.39 is 4.92 Å². The lowest BCUT2D eigenvalue weighted by atomic mass is 10.3. The number of non-ortho nitro benzene ring substituents is 1. The Bertz CT molecular complexity index is 712. The fourth-order valence-electron chi connectivity index (χ4n) is 1.56. The van der Waals surface area contributed by atoms with Gasteiger partial charge in [-0.2, -0.15) is 0 Å². The molecule has 0 aromatic heterocycles. The van der Waals surface area contributed by atoms with Crippen LogP contribution in [0, 0.1) is 10.1 Å². The molecule has 0 unspecified atom stereocenters. The number of hydrogen-bond donors (Lipinski definition) is 2. The van der Waals surface area contributed by atoms with Gasteiger partial charge in [0.2, 0.25) is 0 Å². The van der Waals surface area contributed by atoms with Gasteiger partial charge < -0.3 is 10.6 Å². The van der Waals surface area contributed by atoms with Crippen molar-refractivity contribution < 1.29 is 4.92 Å². The molecule has 0 aliphatic heterocycles. The van der Waals surface area contributed by atoms with Crippen LogP contribution in [-0.2, 0) is 0 Å². The first-order valence-electron chi connectivity index (χ1n) is 5.73. The first kappa shape index (κ1) is 15.7. The summed E-state index contributed by atoms with van der Waals surface area (Å²) >= 11 is 14.4. The van der Waals surface area contributed by atoms with Crippen LogP contribution in [0.5, 0.6) is 0 Å². The highest BCUT2D eigenvalue weighted by molar-refractivity contribution is 9.10. The summed E-state index contributed by atoms with van der Waals surface area (Å²) in [6, 6.07) is 11.4. The molecule has 0 bridgehead atoms. The summed E-state index contributed by atoms with van der Waals surface area (Å²) in [7, 11) is 0. The van der Waals surface area contributed by atoms with Crippen LogP contribution < -0.4 is 10.6 Å². The molecule has 0 aliphatic rings. The Morgan fingerprint density at radius 1 is 1.19 bits per heavy atom. The second-order valence-electron chi connectivity index (χ2n) is 4.02.